The number of fused-ring (bicyclic) bond motifs is 1. The van der Waals surface area contributed by atoms with E-state index in [0.29, 0.717) is 5.69 Å². The number of benzene rings is 2. The Labute approximate surface area is 201 Å². The van der Waals surface area contributed by atoms with Gasteiger partial charge < -0.3 is 19.9 Å². The number of amides is 2. The van der Waals surface area contributed by atoms with E-state index in [4.69, 9.17) is 0 Å². The van der Waals surface area contributed by atoms with Crippen LogP contribution in [0.1, 0.15) is 25.5 Å². The molecule has 2 aromatic carbocycles. The average molecular weight is 472 g/mol. The minimum atomic E-state index is -1.17. The van der Waals surface area contributed by atoms with Gasteiger partial charge >= 0.3 is 6.09 Å². The van der Waals surface area contributed by atoms with Gasteiger partial charge in [-0.1, -0.05) is 30.3 Å². The lowest BCUT2D eigenvalue weighted by Gasteiger charge is -2.30. The Hall–Kier alpha value is -4.40. The molecule has 2 aromatic heterocycles. The number of pyridine rings is 1. The molecule has 1 fully saturated rings. The smallest absolute Gasteiger partial charge is 0.404 e. The van der Waals surface area contributed by atoms with Crippen molar-refractivity contribution in [1.29, 1.82) is 0 Å². The quantitative estimate of drug-likeness (QED) is 0.474. The third kappa shape index (κ3) is 3.65. The van der Waals surface area contributed by atoms with Gasteiger partial charge in [0.25, 0.3) is 0 Å². The SMILES string of the molecule is Cn1cc(-n2ncc3cc(N4C(=O)C(C)(C)C(NC(=O)O)C4c4ccccc4)ccc32)ccc1=O. The Morgan fingerprint density at radius 2 is 1.74 bits per heavy atom. The lowest BCUT2D eigenvalue weighted by molar-refractivity contribution is -0.124. The van der Waals surface area contributed by atoms with Crippen molar-refractivity contribution in [3.8, 4) is 5.69 Å². The topological polar surface area (TPSA) is 109 Å². The molecule has 1 aliphatic heterocycles. The van der Waals surface area contributed by atoms with Crippen molar-refractivity contribution in [2.45, 2.75) is 25.9 Å². The average Bonchev–Trinajstić information content (AvgIpc) is 3.33. The van der Waals surface area contributed by atoms with Crippen LogP contribution in [0.15, 0.2) is 77.9 Å². The fourth-order valence-electron chi connectivity index (χ4n) is 4.86. The molecule has 1 saturated heterocycles. The van der Waals surface area contributed by atoms with Crippen molar-refractivity contribution in [2.75, 3.05) is 4.90 Å². The molecule has 1 aliphatic rings. The molecule has 0 bridgehead atoms. The number of rotatable bonds is 4. The van der Waals surface area contributed by atoms with Crippen LogP contribution in [0.5, 0.6) is 0 Å². The third-order valence-electron chi connectivity index (χ3n) is 6.71. The highest BCUT2D eigenvalue weighted by atomic mass is 16.4. The van der Waals surface area contributed by atoms with Crippen molar-refractivity contribution >= 4 is 28.6 Å². The molecule has 0 aliphatic carbocycles. The number of nitrogens with one attached hydrogen (secondary N) is 1. The summed E-state index contributed by atoms with van der Waals surface area (Å²) in [6.45, 7) is 3.53. The molecule has 2 atom stereocenters. The van der Waals surface area contributed by atoms with Crippen molar-refractivity contribution in [1.82, 2.24) is 19.7 Å². The molecule has 0 radical (unpaired) electrons. The number of anilines is 1. The fourth-order valence-corrected chi connectivity index (χ4v) is 4.86. The standard InChI is InChI=1S/C26H25N5O4/c1-26(2)23(28-25(34)35)22(16-7-5-4-6-8-16)30(24(26)33)18-9-11-20-17(13-18)14-27-31(20)19-10-12-21(32)29(3)15-19/h4-15,22-23,28H,1-3H3,(H,34,35). The summed E-state index contributed by atoms with van der Waals surface area (Å²) in [5.41, 5.74) is 1.97. The minimum absolute atomic E-state index is 0.112. The summed E-state index contributed by atoms with van der Waals surface area (Å²) in [6.07, 6.45) is 2.25. The van der Waals surface area contributed by atoms with Crippen LogP contribution in [-0.2, 0) is 11.8 Å². The molecule has 5 rings (SSSR count). The zero-order valence-corrected chi connectivity index (χ0v) is 19.5. The van der Waals surface area contributed by atoms with Crippen LogP contribution in [0, 0.1) is 5.41 Å². The molecule has 178 valence electrons. The van der Waals surface area contributed by atoms with Gasteiger partial charge in [0.05, 0.1) is 34.9 Å². The molecule has 3 heterocycles. The van der Waals surface area contributed by atoms with Crippen molar-refractivity contribution in [2.24, 2.45) is 12.5 Å². The van der Waals surface area contributed by atoms with Crippen LogP contribution in [0.4, 0.5) is 10.5 Å². The predicted molar refractivity (Wildman–Crippen MR) is 132 cm³/mol. The zero-order valence-electron chi connectivity index (χ0n) is 19.5. The number of aromatic nitrogens is 3. The number of aryl methyl sites for hydroxylation is 1. The second-order valence-electron chi connectivity index (χ2n) is 9.32. The monoisotopic (exact) mass is 471 g/mol. The highest BCUT2D eigenvalue weighted by Gasteiger charge is 2.55. The lowest BCUT2D eigenvalue weighted by Crippen LogP contribution is -2.45. The van der Waals surface area contributed by atoms with Crippen LogP contribution in [0.2, 0.25) is 0 Å². The van der Waals surface area contributed by atoms with Gasteiger partial charge in [-0.2, -0.15) is 5.10 Å². The number of hydrogen-bond acceptors (Lipinski definition) is 4. The van der Waals surface area contributed by atoms with E-state index in [9.17, 15) is 19.5 Å². The largest absolute Gasteiger partial charge is 0.465 e. The van der Waals surface area contributed by atoms with E-state index in [1.54, 1.807) is 48.9 Å². The van der Waals surface area contributed by atoms with E-state index in [0.717, 1.165) is 22.2 Å². The molecule has 2 amide bonds. The Balaban J connectivity index is 1.62. The van der Waals surface area contributed by atoms with Crippen molar-refractivity contribution < 1.29 is 14.7 Å². The highest BCUT2D eigenvalue weighted by Crippen LogP contribution is 2.46. The highest BCUT2D eigenvalue weighted by molar-refractivity contribution is 6.03. The summed E-state index contributed by atoms with van der Waals surface area (Å²) >= 11 is 0. The van der Waals surface area contributed by atoms with Gasteiger partial charge in [0, 0.05) is 30.4 Å². The van der Waals surface area contributed by atoms with E-state index < -0.39 is 23.6 Å². The number of carbonyl (C=O) groups is 2. The molecule has 0 spiro atoms. The lowest BCUT2D eigenvalue weighted by atomic mass is 9.82. The van der Waals surface area contributed by atoms with Gasteiger partial charge in [0.15, 0.2) is 0 Å². The fraction of sp³-hybridized carbons (Fsp3) is 0.231. The Kier molecular flexibility index (Phi) is 5.20. The van der Waals surface area contributed by atoms with Gasteiger partial charge in [0.1, 0.15) is 0 Å². The summed E-state index contributed by atoms with van der Waals surface area (Å²) in [4.78, 5) is 38.8. The van der Waals surface area contributed by atoms with E-state index in [-0.39, 0.29) is 11.5 Å². The molecule has 4 aromatic rings. The van der Waals surface area contributed by atoms with Gasteiger partial charge in [-0.3, -0.25) is 9.59 Å². The van der Waals surface area contributed by atoms with Crippen LogP contribution in [0.3, 0.4) is 0 Å². The van der Waals surface area contributed by atoms with E-state index in [1.807, 2.05) is 48.5 Å². The van der Waals surface area contributed by atoms with Crippen LogP contribution in [-0.4, -0.2) is 37.5 Å². The van der Waals surface area contributed by atoms with Crippen LogP contribution in [0.25, 0.3) is 16.6 Å². The molecule has 2 N–H and O–H groups in total. The van der Waals surface area contributed by atoms with Crippen molar-refractivity contribution in [3.05, 3.63) is 89.0 Å². The molecule has 35 heavy (non-hydrogen) atoms. The van der Waals surface area contributed by atoms with E-state index >= 15 is 0 Å². The van der Waals surface area contributed by atoms with E-state index in [2.05, 4.69) is 10.4 Å². The zero-order chi connectivity index (χ0) is 24.9. The van der Waals surface area contributed by atoms with Crippen molar-refractivity contribution in [3.63, 3.8) is 0 Å². The number of nitrogens with zero attached hydrogens (tertiary/aromatic N) is 4. The maximum absolute atomic E-state index is 13.7. The first-order chi connectivity index (χ1) is 16.7. The molecule has 9 heteroatoms. The first kappa shape index (κ1) is 22.4. The maximum Gasteiger partial charge on any atom is 0.404 e. The molecular weight excluding hydrogens is 446 g/mol. The van der Waals surface area contributed by atoms with Gasteiger partial charge in [-0.05, 0) is 43.7 Å². The second-order valence-corrected chi connectivity index (χ2v) is 9.32. The number of carboxylic acid groups (broad SMARTS) is 1. The molecule has 2 unspecified atom stereocenters. The van der Waals surface area contributed by atoms with Crippen LogP contribution < -0.4 is 15.8 Å². The minimum Gasteiger partial charge on any atom is -0.465 e. The van der Waals surface area contributed by atoms with E-state index in [1.165, 1.54) is 10.6 Å². The molecule has 0 saturated carbocycles. The van der Waals surface area contributed by atoms with Crippen LogP contribution >= 0.6 is 0 Å². The van der Waals surface area contributed by atoms with Gasteiger partial charge in [0.2, 0.25) is 11.5 Å². The Morgan fingerprint density at radius 3 is 2.43 bits per heavy atom. The first-order valence-corrected chi connectivity index (χ1v) is 11.2. The second kappa shape index (κ2) is 8.12. The molecule has 9 nitrogen and oxygen atoms in total. The van der Waals surface area contributed by atoms with Gasteiger partial charge in [-0.15, -0.1) is 0 Å². The summed E-state index contributed by atoms with van der Waals surface area (Å²) in [5, 5.41) is 17.4. The van der Waals surface area contributed by atoms with Gasteiger partial charge in [-0.25, -0.2) is 9.48 Å². The summed E-state index contributed by atoms with van der Waals surface area (Å²) < 4.78 is 3.22. The Bertz CT molecular complexity index is 1510. The summed E-state index contributed by atoms with van der Waals surface area (Å²) in [6, 6.07) is 17.1. The summed E-state index contributed by atoms with van der Waals surface area (Å²) in [5.74, 6) is -0.171. The number of hydrogen-bond donors (Lipinski definition) is 2. The first-order valence-electron chi connectivity index (χ1n) is 11.2. The maximum atomic E-state index is 13.7. The third-order valence-corrected chi connectivity index (χ3v) is 6.71. The molecular formula is C26H25N5O4. The summed E-state index contributed by atoms with van der Waals surface area (Å²) in [7, 11) is 1.68. The normalized spacial score (nSPS) is 19.3. The number of carbonyl (C=O) groups excluding carboxylic acids is 1. The Morgan fingerprint density at radius 1 is 1.03 bits per heavy atom. The predicted octanol–water partition coefficient (Wildman–Crippen LogP) is 3.47.